The summed E-state index contributed by atoms with van der Waals surface area (Å²) in [7, 11) is 0. The fourth-order valence-corrected chi connectivity index (χ4v) is 3.88. The lowest BCUT2D eigenvalue weighted by Crippen LogP contribution is -2.40. The van der Waals surface area contributed by atoms with Gasteiger partial charge in [0.2, 0.25) is 5.91 Å². The Labute approximate surface area is 157 Å². The third kappa shape index (κ3) is 2.68. The summed E-state index contributed by atoms with van der Waals surface area (Å²) in [6, 6.07) is 16.2. The van der Waals surface area contributed by atoms with Gasteiger partial charge in [-0.25, -0.2) is 9.96 Å². The fourth-order valence-electron chi connectivity index (χ4n) is 3.76. The van der Waals surface area contributed by atoms with Gasteiger partial charge in [0.15, 0.2) is 6.10 Å². The van der Waals surface area contributed by atoms with E-state index in [0.717, 1.165) is 18.5 Å². The van der Waals surface area contributed by atoms with Crippen LogP contribution in [0.25, 0.3) is 0 Å². The molecule has 0 bridgehead atoms. The molecule has 2 heterocycles. The van der Waals surface area contributed by atoms with Crippen LogP contribution in [0.1, 0.15) is 19.8 Å². The van der Waals surface area contributed by atoms with Gasteiger partial charge in [-0.1, -0.05) is 43.1 Å². The van der Waals surface area contributed by atoms with Crippen LogP contribution in [0.2, 0.25) is 5.02 Å². The number of hydrogen-bond acceptors (Lipinski definition) is 4. The van der Waals surface area contributed by atoms with Crippen molar-refractivity contribution in [1.82, 2.24) is 0 Å². The number of hydrogen-bond donors (Lipinski definition) is 0. The summed E-state index contributed by atoms with van der Waals surface area (Å²) in [5.41, 5.74) is 1.39. The Morgan fingerprint density at radius 3 is 2.31 bits per heavy atom. The third-order valence-electron chi connectivity index (χ3n) is 4.92. The Morgan fingerprint density at radius 2 is 1.65 bits per heavy atom. The predicted octanol–water partition coefficient (Wildman–Crippen LogP) is 3.82. The Balaban J connectivity index is 1.67. The number of nitrogens with zero attached hydrogens (tertiary/aromatic N) is 2. The van der Waals surface area contributed by atoms with E-state index in [2.05, 4.69) is 6.92 Å². The van der Waals surface area contributed by atoms with Crippen LogP contribution in [-0.2, 0) is 14.4 Å². The van der Waals surface area contributed by atoms with E-state index in [0.29, 0.717) is 10.7 Å². The average molecular weight is 371 g/mol. The Hall–Kier alpha value is -2.37. The van der Waals surface area contributed by atoms with Crippen molar-refractivity contribution in [3.8, 4) is 0 Å². The summed E-state index contributed by atoms with van der Waals surface area (Å²) in [6.45, 7) is 2.06. The maximum Gasteiger partial charge on any atom is 0.266 e. The van der Waals surface area contributed by atoms with Gasteiger partial charge >= 0.3 is 0 Å². The SMILES string of the molecule is CCC[C@@H]1[C@@H]2C(=O)N(c3ccc(Cl)cc3)C(=O)[C@@H]2ON1c1ccccc1. The van der Waals surface area contributed by atoms with E-state index < -0.39 is 12.0 Å². The number of benzene rings is 2. The number of rotatable bonds is 4. The maximum atomic E-state index is 13.1. The normalized spacial score (nSPS) is 25.1. The van der Waals surface area contributed by atoms with Crippen LogP contribution in [0.4, 0.5) is 11.4 Å². The van der Waals surface area contributed by atoms with E-state index in [1.54, 1.807) is 29.3 Å². The molecule has 3 atom stereocenters. The summed E-state index contributed by atoms with van der Waals surface area (Å²) in [5, 5.41) is 2.30. The molecule has 0 saturated carbocycles. The van der Waals surface area contributed by atoms with E-state index in [1.807, 2.05) is 30.3 Å². The molecule has 2 aromatic carbocycles. The molecule has 26 heavy (non-hydrogen) atoms. The molecule has 2 saturated heterocycles. The molecule has 2 amide bonds. The number of amides is 2. The van der Waals surface area contributed by atoms with Gasteiger partial charge in [-0.05, 0) is 42.8 Å². The Morgan fingerprint density at radius 1 is 0.962 bits per heavy atom. The zero-order valence-electron chi connectivity index (χ0n) is 14.3. The van der Waals surface area contributed by atoms with Crippen molar-refractivity contribution in [2.75, 3.05) is 9.96 Å². The van der Waals surface area contributed by atoms with E-state index in [4.69, 9.17) is 16.4 Å². The Bertz CT molecular complexity index is 825. The highest BCUT2D eigenvalue weighted by atomic mass is 35.5. The monoisotopic (exact) mass is 370 g/mol. The second kappa shape index (κ2) is 6.74. The number of halogens is 1. The van der Waals surface area contributed by atoms with Gasteiger partial charge in [-0.15, -0.1) is 0 Å². The predicted molar refractivity (Wildman–Crippen MR) is 99.9 cm³/mol. The molecular formula is C20H19ClN2O3. The number of imide groups is 1. The minimum absolute atomic E-state index is 0.166. The second-order valence-electron chi connectivity index (χ2n) is 6.56. The first kappa shape index (κ1) is 17.1. The van der Waals surface area contributed by atoms with Crippen LogP contribution < -0.4 is 9.96 Å². The zero-order valence-corrected chi connectivity index (χ0v) is 15.1. The van der Waals surface area contributed by atoms with Gasteiger partial charge in [0.05, 0.1) is 23.3 Å². The minimum Gasteiger partial charge on any atom is -0.273 e. The molecule has 134 valence electrons. The minimum atomic E-state index is -0.782. The molecule has 2 aromatic rings. The Kier molecular flexibility index (Phi) is 4.42. The fraction of sp³-hybridized carbons (Fsp3) is 0.300. The van der Waals surface area contributed by atoms with Gasteiger partial charge in [0, 0.05) is 5.02 Å². The third-order valence-corrected chi connectivity index (χ3v) is 5.17. The zero-order chi connectivity index (χ0) is 18.3. The lowest BCUT2D eigenvalue weighted by atomic mass is 9.93. The van der Waals surface area contributed by atoms with Crippen LogP contribution in [0, 0.1) is 5.92 Å². The van der Waals surface area contributed by atoms with Crippen LogP contribution >= 0.6 is 11.6 Å². The summed E-state index contributed by atoms with van der Waals surface area (Å²) in [4.78, 5) is 33.3. The summed E-state index contributed by atoms with van der Waals surface area (Å²) < 4.78 is 0. The highest BCUT2D eigenvalue weighted by molar-refractivity contribution is 6.31. The van der Waals surface area contributed by atoms with Gasteiger partial charge in [-0.2, -0.15) is 0 Å². The molecule has 0 N–H and O–H groups in total. The second-order valence-corrected chi connectivity index (χ2v) is 6.99. The quantitative estimate of drug-likeness (QED) is 0.768. The number of anilines is 2. The maximum absolute atomic E-state index is 13.1. The number of para-hydroxylation sites is 1. The van der Waals surface area contributed by atoms with Crippen LogP contribution in [0.15, 0.2) is 54.6 Å². The number of fused-ring (bicyclic) bond motifs is 1. The van der Waals surface area contributed by atoms with Gasteiger partial charge in [0.1, 0.15) is 0 Å². The van der Waals surface area contributed by atoms with Crippen molar-refractivity contribution >= 4 is 34.8 Å². The highest BCUT2D eigenvalue weighted by Gasteiger charge is 2.59. The van der Waals surface area contributed by atoms with Gasteiger partial charge in [-0.3, -0.25) is 14.4 Å². The van der Waals surface area contributed by atoms with E-state index in [-0.39, 0.29) is 17.9 Å². The first-order valence-corrected chi connectivity index (χ1v) is 9.14. The molecule has 0 radical (unpaired) electrons. The van der Waals surface area contributed by atoms with Crippen LogP contribution in [-0.4, -0.2) is 24.0 Å². The number of carbonyl (C=O) groups is 2. The first-order valence-electron chi connectivity index (χ1n) is 8.76. The van der Waals surface area contributed by atoms with Crippen LogP contribution in [0.5, 0.6) is 0 Å². The highest BCUT2D eigenvalue weighted by Crippen LogP contribution is 2.41. The van der Waals surface area contributed by atoms with E-state index in [9.17, 15) is 9.59 Å². The molecule has 0 spiro atoms. The van der Waals surface area contributed by atoms with E-state index in [1.165, 1.54) is 4.90 Å². The molecule has 2 aliphatic heterocycles. The number of carbonyl (C=O) groups excluding carboxylic acids is 2. The molecule has 2 aliphatic rings. The van der Waals surface area contributed by atoms with Crippen molar-refractivity contribution in [2.24, 2.45) is 5.92 Å². The van der Waals surface area contributed by atoms with E-state index >= 15 is 0 Å². The first-order chi connectivity index (χ1) is 12.6. The average Bonchev–Trinajstić information content (AvgIpc) is 3.14. The lowest BCUT2D eigenvalue weighted by Gasteiger charge is -2.28. The van der Waals surface area contributed by atoms with Gasteiger partial charge < -0.3 is 0 Å². The van der Waals surface area contributed by atoms with Crippen molar-refractivity contribution in [3.05, 3.63) is 59.6 Å². The summed E-state index contributed by atoms with van der Waals surface area (Å²) in [5.74, 6) is -1.03. The topological polar surface area (TPSA) is 49.9 Å². The number of hydroxylamine groups is 1. The lowest BCUT2D eigenvalue weighted by molar-refractivity contribution is -0.126. The molecule has 0 aliphatic carbocycles. The molecule has 4 rings (SSSR count). The van der Waals surface area contributed by atoms with Crippen molar-refractivity contribution in [1.29, 1.82) is 0 Å². The smallest absolute Gasteiger partial charge is 0.266 e. The molecular weight excluding hydrogens is 352 g/mol. The molecule has 5 nitrogen and oxygen atoms in total. The van der Waals surface area contributed by atoms with Crippen molar-refractivity contribution in [3.63, 3.8) is 0 Å². The summed E-state index contributed by atoms with van der Waals surface area (Å²) in [6.07, 6.45) is 0.877. The standard InChI is InChI=1S/C20H19ClN2O3/c1-2-6-16-17-18(26-23(16)15-7-4-3-5-8-15)20(25)22(19(17)24)14-11-9-13(21)10-12-14/h3-5,7-12,16-18H,2,6H2,1H3/t16-,17+,18-/m1/s1. The molecule has 0 unspecified atom stereocenters. The van der Waals surface area contributed by atoms with Crippen molar-refractivity contribution in [2.45, 2.75) is 31.9 Å². The van der Waals surface area contributed by atoms with Crippen LogP contribution in [0.3, 0.4) is 0 Å². The molecule has 0 aromatic heterocycles. The van der Waals surface area contributed by atoms with Gasteiger partial charge in [0.25, 0.3) is 5.91 Å². The van der Waals surface area contributed by atoms with Crippen molar-refractivity contribution < 1.29 is 14.4 Å². The molecule has 2 fully saturated rings. The largest absolute Gasteiger partial charge is 0.273 e. The summed E-state index contributed by atoms with van der Waals surface area (Å²) >= 11 is 5.92. The molecule has 6 heteroatoms.